The minimum absolute atomic E-state index is 0. The first-order chi connectivity index (χ1) is 11.7. The van der Waals surface area contributed by atoms with E-state index in [2.05, 4.69) is 55.8 Å². The molecule has 1 aliphatic carbocycles. The van der Waals surface area contributed by atoms with Crippen molar-refractivity contribution in [1.29, 1.82) is 0 Å². The van der Waals surface area contributed by atoms with Gasteiger partial charge < -0.3 is 15.5 Å². The quantitative estimate of drug-likeness (QED) is 0.356. The number of nitrogens with zero attached hydrogens (tertiary/aromatic N) is 2. The Kier molecular flexibility index (Phi) is 7.99. The molecule has 138 valence electrons. The lowest BCUT2D eigenvalue weighted by atomic mass is 10.1. The predicted molar refractivity (Wildman–Crippen MR) is 116 cm³/mol. The molecule has 1 heterocycles. The number of aliphatic imine (C=N–C) groups is 1. The summed E-state index contributed by atoms with van der Waals surface area (Å²) in [5.41, 5.74) is 1.35. The second-order valence-corrected chi connectivity index (χ2v) is 7.34. The number of halogens is 2. The van der Waals surface area contributed by atoms with Crippen LogP contribution in [-0.2, 0) is 4.79 Å². The number of carbonyl (C=O) groups excluding carboxylic acids is 1. The van der Waals surface area contributed by atoms with Crippen LogP contribution in [0, 0.1) is 0 Å². The van der Waals surface area contributed by atoms with Gasteiger partial charge in [-0.15, -0.1) is 24.0 Å². The Morgan fingerprint density at radius 3 is 2.60 bits per heavy atom. The molecule has 1 aromatic rings. The number of carbonyl (C=O) groups is 1. The van der Waals surface area contributed by atoms with Gasteiger partial charge in [-0.1, -0.05) is 28.1 Å². The van der Waals surface area contributed by atoms with Gasteiger partial charge in [0.15, 0.2) is 5.96 Å². The van der Waals surface area contributed by atoms with E-state index in [1.807, 2.05) is 11.8 Å². The van der Waals surface area contributed by atoms with Crippen LogP contribution in [0.1, 0.15) is 37.7 Å². The average Bonchev–Trinajstić information content (AvgIpc) is 3.11. The summed E-state index contributed by atoms with van der Waals surface area (Å²) in [5.74, 6) is 1.40. The highest BCUT2D eigenvalue weighted by molar-refractivity contribution is 14.0. The number of guanidine groups is 1. The van der Waals surface area contributed by atoms with E-state index >= 15 is 0 Å². The molecule has 2 N–H and O–H groups in total. The number of benzene rings is 1. The summed E-state index contributed by atoms with van der Waals surface area (Å²) < 4.78 is 1.10. The molecule has 25 heavy (non-hydrogen) atoms. The summed E-state index contributed by atoms with van der Waals surface area (Å²) in [4.78, 5) is 18.5. The number of hydrogen-bond acceptors (Lipinski definition) is 2. The van der Waals surface area contributed by atoms with E-state index in [0.29, 0.717) is 12.0 Å². The van der Waals surface area contributed by atoms with Crippen LogP contribution in [0.3, 0.4) is 0 Å². The van der Waals surface area contributed by atoms with Crippen molar-refractivity contribution in [3.63, 3.8) is 0 Å². The Morgan fingerprint density at radius 2 is 1.96 bits per heavy atom. The van der Waals surface area contributed by atoms with Gasteiger partial charge in [-0.2, -0.15) is 0 Å². The van der Waals surface area contributed by atoms with Crippen molar-refractivity contribution < 1.29 is 4.79 Å². The maximum Gasteiger partial charge on any atom is 0.244 e. The lowest BCUT2D eigenvalue weighted by molar-refractivity contribution is -0.128. The summed E-state index contributed by atoms with van der Waals surface area (Å²) in [7, 11) is 0. The molecule has 0 aromatic heterocycles. The van der Waals surface area contributed by atoms with E-state index in [9.17, 15) is 4.79 Å². The minimum Gasteiger partial charge on any atom is -0.357 e. The molecular formula is C18H26BrIN4O. The van der Waals surface area contributed by atoms with Gasteiger partial charge in [0.2, 0.25) is 5.91 Å². The second kappa shape index (κ2) is 9.75. The highest BCUT2D eigenvalue weighted by Crippen LogP contribution is 2.40. The number of hydrogen-bond donors (Lipinski definition) is 2. The van der Waals surface area contributed by atoms with Crippen molar-refractivity contribution in [2.75, 3.05) is 26.2 Å². The first-order valence-electron chi connectivity index (χ1n) is 8.75. The molecular weight excluding hydrogens is 495 g/mol. The monoisotopic (exact) mass is 520 g/mol. The van der Waals surface area contributed by atoms with E-state index in [1.54, 1.807) is 0 Å². The van der Waals surface area contributed by atoms with Crippen LogP contribution in [0.4, 0.5) is 0 Å². The van der Waals surface area contributed by atoms with Crippen molar-refractivity contribution in [2.24, 2.45) is 4.99 Å². The van der Waals surface area contributed by atoms with Crippen LogP contribution in [-0.4, -0.2) is 49.0 Å². The third-order valence-electron chi connectivity index (χ3n) is 4.59. The Hall–Kier alpha value is -0.830. The van der Waals surface area contributed by atoms with Crippen molar-refractivity contribution in [3.05, 3.63) is 34.3 Å². The lowest BCUT2D eigenvalue weighted by Gasteiger charge is -2.15. The SMILES string of the molecule is CCNC(=NCC(=O)N1CCCC1)NC1CC1c1ccc(Br)cc1.I. The molecule has 2 fully saturated rings. The first kappa shape index (κ1) is 20.5. The number of likely N-dealkylation sites (tertiary alicyclic amines) is 1. The Balaban J connectivity index is 0.00000225. The fourth-order valence-corrected chi connectivity index (χ4v) is 3.41. The molecule has 3 rings (SSSR count). The fraction of sp³-hybridized carbons (Fsp3) is 0.556. The summed E-state index contributed by atoms with van der Waals surface area (Å²) in [6.45, 7) is 4.82. The Morgan fingerprint density at radius 1 is 1.28 bits per heavy atom. The average molecular weight is 521 g/mol. The lowest BCUT2D eigenvalue weighted by Crippen LogP contribution is -2.40. The molecule has 1 aliphatic heterocycles. The topological polar surface area (TPSA) is 56.7 Å². The molecule has 2 unspecified atom stereocenters. The molecule has 1 amide bonds. The van der Waals surface area contributed by atoms with Crippen molar-refractivity contribution in [2.45, 2.75) is 38.1 Å². The standard InChI is InChI=1S/C18H25BrN4O.HI/c1-2-20-18(21-12-17(24)23-9-3-4-10-23)22-16-11-15(16)13-5-7-14(19)8-6-13;/h5-8,15-16H,2-4,9-12H2,1H3,(H2,20,21,22);1H. The van der Waals surface area contributed by atoms with Crippen LogP contribution in [0.25, 0.3) is 0 Å². The normalized spacial score (nSPS) is 22.3. The van der Waals surface area contributed by atoms with E-state index < -0.39 is 0 Å². The fourth-order valence-electron chi connectivity index (χ4n) is 3.14. The Bertz CT molecular complexity index is 602. The van der Waals surface area contributed by atoms with Crippen LogP contribution < -0.4 is 10.6 Å². The van der Waals surface area contributed by atoms with Crippen LogP contribution in [0.5, 0.6) is 0 Å². The third kappa shape index (κ3) is 5.84. The smallest absolute Gasteiger partial charge is 0.244 e. The zero-order chi connectivity index (χ0) is 16.9. The van der Waals surface area contributed by atoms with Crippen LogP contribution in [0.15, 0.2) is 33.7 Å². The van der Waals surface area contributed by atoms with E-state index in [4.69, 9.17) is 0 Å². The summed E-state index contributed by atoms with van der Waals surface area (Å²) in [5, 5.41) is 6.70. The number of amides is 1. The van der Waals surface area contributed by atoms with Gasteiger partial charge in [0.05, 0.1) is 0 Å². The highest BCUT2D eigenvalue weighted by atomic mass is 127. The maximum atomic E-state index is 12.1. The van der Waals surface area contributed by atoms with Gasteiger partial charge in [0.1, 0.15) is 6.54 Å². The van der Waals surface area contributed by atoms with Crippen LogP contribution >= 0.6 is 39.9 Å². The summed E-state index contributed by atoms with van der Waals surface area (Å²) >= 11 is 3.47. The molecule has 2 atom stereocenters. The highest BCUT2D eigenvalue weighted by Gasteiger charge is 2.39. The van der Waals surface area contributed by atoms with E-state index in [-0.39, 0.29) is 36.4 Å². The van der Waals surface area contributed by atoms with Gasteiger partial charge in [0.25, 0.3) is 0 Å². The summed E-state index contributed by atoms with van der Waals surface area (Å²) in [6.07, 6.45) is 3.33. The van der Waals surface area contributed by atoms with Crippen molar-refractivity contribution in [3.8, 4) is 0 Å². The second-order valence-electron chi connectivity index (χ2n) is 6.43. The van der Waals surface area contributed by atoms with Gasteiger partial charge in [-0.05, 0) is 43.9 Å². The molecule has 7 heteroatoms. The molecule has 2 aliphatic rings. The van der Waals surface area contributed by atoms with Crippen molar-refractivity contribution in [1.82, 2.24) is 15.5 Å². The molecule has 0 radical (unpaired) electrons. The van der Waals surface area contributed by atoms with Gasteiger partial charge >= 0.3 is 0 Å². The van der Waals surface area contributed by atoms with E-state index in [1.165, 1.54) is 5.56 Å². The largest absolute Gasteiger partial charge is 0.357 e. The maximum absolute atomic E-state index is 12.1. The van der Waals surface area contributed by atoms with E-state index in [0.717, 1.165) is 49.3 Å². The van der Waals surface area contributed by atoms with Gasteiger partial charge in [0, 0.05) is 36.1 Å². The Labute approximate surface area is 175 Å². The molecule has 5 nitrogen and oxygen atoms in total. The molecule has 0 bridgehead atoms. The minimum atomic E-state index is 0. The van der Waals surface area contributed by atoms with Gasteiger partial charge in [-0.3, -0.25) is 4.79 Å². The zero-order valence-corrected chi connectivity index (χ0v) is 18.4. The summed E-state index contributed by atoms with van der Waals surface area (Å²) in [6, 6.07) is 8.89. The molecule has 1 saturated heterocycles. The number of nitrogens with one attached hydrogen (secondary N) is 2. The number of rotatable bonds is 5. The zero-order valence-electron chi connectivity index (χ0n) is 14.5. The van der Waals surface area contributed by atoms with Crippen molar-refractivity contribution >= 4 is 51.8 Å². The first-order valence-corrected chi connectivity index (χ1v) is 9.54. The molecule has 1 saturated carbocycles. The van der Waals surface area contributed by atoms with Gasteiger partial charge in [-0.25, -0.2) is 4.99 Å². The molecule has 1 aromatic carbocycles. The van der Waals surface area contributed by atoms with Crippen LogP contribution in [0.2, 0.25) is 0 Å². The third-order valence-corrected chi connectivity index (χ3v) is 5.11. The predicted octanol–water partition coefficient (Wildman–Crippen LogP) is 3.10. The molecule has 0 spiro atoms.